The Morgan fingerprint density at radius 3 is 2.41 bits per heavy atom. The molecule has 1 aliphatic heterocycles. The van der Waals surface area contributed by atoms with E-state index >= 15 is 0 Å². The molecule has 0 amide bonds. The van der Waals surface area contributed by atoms with Gasteiger partial charge in [-0.05, 0) is 61.1 Å². The molecule has 0 saturated carbocycles. The second-order valence-electron chi connectivity index (χ2n) is 9.43. The van der Waals surface area contributed by atoms with Crippen molar-refractivity contribution in [3.8, 4) is 0 Å². The molecule has 1 aliphatic carbocycles. The number of benzene rings is 1. The van der Waals surface area contributed by atoms with Gasteiger partial charge >= 0.3 is 0 Å². The highest BCUT2D eigenvalue weighted by Crippen LogP contribution is 2.36. The molecule has 0 spiro atoms. The van der Waals surface area contributed by atoms with Gasteiger partial charge in [-0.25, -0.2) is 8.42 Å². The van der Waals surface area contributed by atoms with Crippen molar-refractivity contribution in [2.45, 2.75) is 68.8 Å². The number of hydrogen-bond donors (Lipinski definition) is 0. The van der Waals surface area contributed by atoms with E-state index in [0.717, 1.165) is 37.7 Å². The maximum absolute atomic E-state index is 13.3. The molecule has 160 valence electrons. The van der Waals surface area contributed by atoms with E-state index in [4.69, 9.17) is 4.74 Å². The van der Waals surface area contributed by atoms with Crippen LogP contribution in [-0.4, -0.2) is 38.5 Å². The van der Waals surface area contributed by atoms with E-state index in [9.17, 15) is 8.42 Å². The molecule has 1 aromatic carbocycles. The average Bonchev–Trinajstić information content (AvgIpc) is 2.92. The minimum Gasteiger partial charge on any atom is -0.378 e. The smallest absolute Gasteiger partial charge is 0.243 e. The summed E-state index contributed by atoms with van der Waals surface area (Å²) >= 11 is 0. The van der Waals surface area contributed by atoms with Crippen molar-refractivity contribution in [3.05, 3.63) is 54.1 Å². The summed E-state index contributed by atoms with van der Waals surface area (Å²) in [5, 5.41) is 0. The third-order valence-electron chi connectivity index (χ3n) is 6.35. The lowest BCUT2D eigenvalue weighted by atomic mass is 9.82. The monoisotopic (exact) mass is 417 g/mol. The Morgan fingerprint density at radius 2 is 1.83 bits per heavy atom. The Balaban J connectivity index is 1.73. The topological polar surface area (TPSA) is 46.6 Å². The summed E-state index contributed by atoms with van der Waals surface area (Å²) in [6.45, 7) is 7.45. The summed E-state index contributed by atoms with van der Waals surface area (Å²) in [5.74, 6) is 0.466. The summed E-state index contributed by atoms with van der Waals surface area (Å²) in [7, 11) is -1.71. The van der Waals surface area contributed by atoms with Crippen LogP contribution in [0.4, 0.5) is 0 Å². The third kappa shape index (κ3) is 5.19. The summed E-state index contributed by atoms with van der Waals surface area (Å²) in [4.78, 5) is 0.385. The van der Waals surface area contributed by atoms with E-state index in [1.54, 1.807) is 23.5 Å². The highest BCUT2D eigenvalue weighted by molar-refractivity contribution is 7.89. The predicted octanol–water partition coefficient (Wildman–Crippen LogP) is 5.07. The summed E-state index contributed by atoms with van der Waals surface area (Å²) < 4.78 is 34.2. The Kier molecular flexibility index (Phi) is 6.71. The third-order valence-corrected chi connectivity index (χ3v) is 8.26. The Labute approximate surface area is 176 Å². The van der Waals surface area contributed by atoms with E-state index in [2.05, 4.69) is 45.1 Å². The summed E-state index contributed by atoms with van der Waals surface area (Å²) in [6, 6.07) is 7.38. The van der Waals surface area contributed by atoms with Gasteiger partial charge in [0, 0.05) is 20.2 Å². The lowest BCUT2D eigenvalue weighted by Crippen LogP contribution is -2.37. The Morgan fingerprint density at radius 1 is 1.10 bits per heavy atom. The van der Waals surface area contributed by atoms with Crippen LogP contribution in [0.25, 0.3) is 0 Å². The van der Waals surface area contributed by atoms with Crippen molar-refractivity contribution < 1.29 is 13.2 Å². The molecule has 2 aliphatic rings. The van der Waals surface area contributed by atoms with Gasteiger partial charge in [0.1, 0.15) is 0 Å². The zero-order valence-corrected chi connectivity index (χ0v) is 19.0. The molecule has 2 atom stereocenters. The van der Waals surface area contributed by atoms with Gasteiger partial charge < -0.3 is 4.74 Å². The minimum absolute atomic E-state index is 0.00567. The van der Waals surface area contributed by atoms with Crippen LogP contribution < -0.4 is 0 Å². The molecule has 3 rings (SSSR count). The first-order chi connectivity index (χ1) is 13.7. The van der Waals surface area contributed by atoms with Crippen molar-refractivity contribution in [1.29, 1.82) is 0 Å². The van der Waals surface area contributed by atoms with Crippen molar-refractivity contribution in [3.63, 3.8) is 0 Å². The maximum atomic E-state index is 13.3. The molecule has 1 aromatic rings. The van der Waals surface area contributed by atoms with Gasteiger partial charge in [-0.1, -0.05) is 57.2 Å². The molecule has 2 unspecified atom stereocenters. The number of sulfonamides is 1. The van der Waals surface area contributed by atoms with E-state index in [1.807, 2.05) is 12.1 Å². The molecule has 0 bridgehead atoms. The summed E-state index contributed by atoms with van der Waals surface area (Å²) in [6.07, 6.45) is 13.1. The number of rotatable bonds is 5. The molecule has 1 saturated heterocycles. The fourth-order valence-electron chi connectivity index (χ4n) is 4.41. The van der Waals surface area contributed by atoms with E-state index < -0.39 is 10.0 Å². The average molecular weight is 418 g/mol. The number of nitrogens with zero attached hydrogens (tertiary/aromatic N) is 1. The van der Waals surface area contributed by atoms with Gasteiger partial charge in [0.25, 0.3) is 0 Å². The molecule has 29 heavy (non-hydrogen) atoms. The Hall–Kier alpha value is -1.43. The quantitative estimate of drug-likeness (QED) is 0.672. The second-order valence-corrected chi connectivity index (χ2v) is 11.4. The lowest BCUT2D eigenvalue weighted by molar-refractivity contribution is -0.0355. The predicted molar refractivity (Wildman–Crippen MR) is 118 cm³/mol. The molecule has 0 aromatic heterocycles. The van der Waals surface area contributed by atoms with Gasteiger partial charge in [0.2, 0.25) is 10.0 Å². The van der Waals surface area contributed by atoms with Gasteiger partial charge in [-0.15, -0.1) is 0 Å². The normalized spacial score (nSPS) is 26.4. The standard InChI is InChI=1S/C24H35NO3S/c1-23(2,3)21-11-13-22(14-12-21)29(26,27)25-17-8-15-24(28-4,16-18-25)19-20-9-6-5-7-10-20/h5-7,9,11-14,20H,8,10,15-19H2,1-4H3. The highest BCUT2D eigenvalue weighted by Gasteiger charge is 2.37. The van der Waals surface area contributed by atoms with E-state index in [0.29, 0.717) is 23.9 Å². The molecule has 0 radical (unpaired) electrons. The molecule has 4 nitrogen and oxygen atoms in total. The van der Waals surface area contributed by atoms with E-state index in [1.165, 1.54) is 0 Å². The van der Waals surface area contributed by atoms with E-state index in [-0.39, 0.29) is 11.0 Å². The molecule has 5 heteroatoms. The fourth-order valence-corrected chi connectivity index (χ4v) is 5.89. The first kappa shape index (κ1) is 22.3. The number of hydrogen-bond acceptors (Lipinski definition) is 3. The van der Waals surface area contributed by atoms with Crippen LogP contribution in [-0.2, 0) is 20.2 Å². The van der Waals surface area contributed by atoms with Crippen molar-refractivity contribution in [2.75, 3.05) is 20.2 Å². The van der Waals surface area contributed by atoms with Crippen LogP contribution in [0.2, 0.25) is 0 Å². The first-order valence-electron chi connectivity index (χ1n) is 10.7. The van der Waals surface area contributed by atoms with Crippen molar-refractivity contribution in [2.24, 2.45) is 5.92 Å². The molecular formula is C24H35NO3S. The maximum Gasteiger partial charge on any atom is 0.243 e. The van der Waals surface area contributed by atoms with Crippen molar-refractivity contribution in [1.82, 2.24) is 4.31 Å². The number of methoxy groups -OCH3 is 1. The number of ether oxygens (including phenoxy) is 1. The SMILES string of the molecule is COC1(CC2C=CC=CC2)CCCN(S(=O)(=O)c2ccc(C(C)(C)C)cc2)CC1. The Bertz CT molecular complexity index is 849. The van der Waals surface area contributed by atoms with Crippen LogP contribution in [0.15, 0.2) is 53.5 Å². The molecule has 1 fully saturated rings. The number of allylic oxidation sites excluding steroid dienone is 4. The minimum atomic E-state index is -3.49. The zero-order valence-electron chi connectivity index (χ0n) is 18.2. The van der Waals surface area contributed by atoms with Gasteiger partial charge in [0.05, 0.1) is 10.5 Å². The molecular weight excluding hydrogens is 382 g/mol. The zero-order chi connectivity index (χ0) is 21.1. The van der Waals surface area contributed by atoms with Crippen LogP contribution in [0.1, 0.15) is 58.4 Å². The molecule has 0 N–H and O–H groups in total. The second kappa shape index (κ2) is 8.75. The van der Waals surface area contributed by atoms with Crippen LogP contribution in [0, 0.1) is 5.92 Å². The fraction of sp³-hybridized carbons (Fsp3) is 0.583. The molecule has 1 heterocycles. The van der Waals surface area contributed by atoms with Gasteiger partial charge in [-0.3, -0.25) is 0 Å². The van der Waals surface area contributed by atoms with Crippen LogP contribution >= 0.6 is 0 Å². The summed E-state index contributed by atoms with van der Waals surface area (Å²) in [5.41, 5.74) is 0.895. The van der Waals surface area contributed by atoms with Crippen LogP contribution in [0.3, 0.4) is 0 Å². The van der Waals surface area contributed by atoms with Crippen molar-refractivity contribution >= 4 is 10.0 Å². The van der Waals surface area contributed by atoms with Crippen LogP contribution in [0.5, 0.6) is 0 Å². The highest BCUT2D eigenvalue weighted by atomic mass is 32.2. The largest absolute Gasteiger partial charge is 0.378 e. The van der Waals surface area contributed by atoms with Gasteiger partial charge in [0.15, 0.2) is 0 Å². The lowest BCUT2D eigenvalue weighted by Gasteiger charge is -2.34. The van der Waals surface area contributed by atoms with Gasteiger partial charge in [-0.2, -0.15) is 4.31 Å². The first-order valence-corrected chi connectivity index (χ1v) is 12.1.